The van der Waals surface area contributed by atoms with E-state index >= 15 is 0 Å². The number of hydrogen-bond donors (Lipinski definition) is 1. The highest BCUT2D eigenvalue weighted by Gasteiger charge is 2.25. The standard InChI is InChI=1S/C13H11Br2N3O/c14-11-9-7-17-6-3-10(9)18(12(11)15)13(19)8-1-4-16-5-2-8/h1-2,4-5,17H,3,6-7H2. The van der Waals surface area contributed by atoms with Gasteiger partial charge in [0.2, 0.25) is 0 Å². The number of rotatable bonds is 1. The molecule has 1 aliphatic rings. The number of aromatic nitrogens is 2. The average Bonchev–Trinajstić information content (AvgIpc) is 2.72. The van der Waals surface area contributed by atoms with Crippen molar-refractivity contribution in [2.24, 2.45) is 0 Å². The molecule has 19 heavy (non-hydrogen) atoms. The van der Waals surface area contributed by atoms with E-state index in [1.54, 1.807) is 29.1 Å². The van der Waals surface area contributed by atoms with Crippen LogP contribution in [0.15, 0.2) is 33.6 Å². The van der Waals surface area contributed by atoms with Crippen molar-refractivity contribution in [3.8, 4) is 0 Å². The molecule has 0 amide bonds. The maximum absolute atomic E-state index is 12.6. The molecule has 4 nitrogen and oxygen atoms in total. The number of carbonyl (C=O) groups is 1. The maximum Gasteiger partial charge on any atom is 0.263 e. The second-order valence-electron chi connectivity index (χ2n) is 4.33. The molecule has 0 unspecified atom stereocenters. The Kier molecular flexibility index (Phi) is 3.56. The third-order valence-electron chi connectivity index (χ3n) is 3.23. The molecule has 0 fully saturated rings. The Balaban J connectivity index is 2.13. The average molecular weight is 385 g/mol. The zero-order chi connectivity index (χ0) is 13.4. The lowest BCUT2D eigenvalue weighted by atomic mass is 10.1. The van der Waals surface area contributed by atoms with Crippen molar-refractivity contribution in [1.82, 2.24) is 14.9 Å². The summed E-state index contributed by atoms with van der Waals surface area (Å²) in [6.07, 6.45) is 4.11. The van der Waals surface area contributed by atoms with Crippen LogP contribution in [0, 0.1) is 0 Å². The van der Waals surface area contributed by atoms with Crippen LogP contribution in [0.4, 0.5) is 0 Å². The smallest absolute Gasteiger partial charge is 0.263 e. The number of halogens is 2. The molecule has 3 rings (SSSR count). The fourth-order valence-electron chi connectivity index (χ4n) is 2.30. The molecule has 0 aliphatic carbocycles. The van der Waals surface area contributed by atoms with Gasteiger partial charge in [0, 0.05) is 48.7 Å². The monoisotopic (exact) mass is 383 g/mol. The Hall–Kier alpha value is -0.980. The molecule has 1 aliphatic heterocycles. The lowest BCUT2D eigenvalue weighted by Gasteiger charge is -2.16. The number of pyridine rings is 1. The fraction of sp³-hybridized carbons (Fsp3) is 0.231. The van der Waals surface area contributed by atoms with E-state index in [0.717, 1.165) is 39.8 Å². The summed E-state index contributed by atoms with van der Waals surface area (Å²) in [6, 6.07) is 3.46. The zero-order valence-corrected chi connectivity index (χ0v) is 13.2. The highest BCUT2D eigenvalue weighted by molar-refractivity contribution is 9.13. The molecular weight excluding hydrogens is 374 g/mol. The number of hydrogen-bond acceptors (Lipinski definition) is 3. The van der Waals surface area contributed by atoms with Crippen molar-refractivity contribution >= 4 is 37.8 Å². The molecule has 0 aromatic carbocycles. The first-order valence-corrected chi connectivity index (χ1v) is 7.51. The Morgan fingerprint density at radius 3 is 2.79 bits per heavy atom. The predicted octanol–water partition coefficient (Wildman–Crippen LogP) is 2.74. The molecule has 0 saturated heterocycles. The van der Waals surface area contributed by atoms with Crippen LogP contribution in [0.3, 0.4) is 0 Å². The molecule has 0 atom stereocenters. The van der Waals surface area contributed by atoms with Gasteiger partial charge in [0.25, 0.3) is 5.91 Å². The summed E-state index contributed by atoms with van der Waals surface area (Å²) in [6.45, 7) is 1.67. The minimum atomic E-state index is -0.0295. The van der Waals surface area contributed by atoms with Crippen LogP contribution in [0.25, 0.3) is 0 Å². The molecule has 1 N–H and O–H groups in total. The van der Waals surface area contributed by atoms with Crippen LogP contribution >= 0.6 is 31.9 Å². The largest absolute Gasteiger partial charge is 0.312 e. The highest BCUT2D eigenvalue weighted by atomic mass is 79.9. The first-order valence-electron chi connectivity index (χ1n) is 5.93. The second-order valence-corrected chi connectivity index (χ2v) is 5.88. The van der Waals surface area contributed by atoms with Gasteiger partial charge in [-0.25, -0.2) is 0 Å². The molecule has 2 aromatic heterocycles. The van der Waals surface area contributed by atoms with Crippen LogP contribution in [0.1, 0.15) is 21.6 Å². The maximum atomic E-state index is 12.6. The minimum Gasteiger partial charge on any atom is -0.312 e. The lowest BCUT2D eigenvalue weighted by Crippen LogP contribution is -2.26. The molecule has 0 bridgehead atoms. The van der Waals surface area contributed by atoms with Crippen LogP contribution in [0.2, 0.25) is 0 Å². The van der Waals surface area contributed by atoms with E-state index in [2.05, 4.69) is 42.2 Å². The van der Waals surface area contributed by atoms with Gasteiger partial charge < -0.3 is 5.32 Å². The third-order valence-corrected chi connectivity index (χ3v) is 5.37. The third kappa shape index (κ3) is 2.17. The van der Waals surface area contributed by atoms with Crippen LogP contribution in [-0.4, -0.2) is 22.0 Å². The van der Waals surface area contributed by atoms with E-state index in [1.165, 1.54) is 0 Å². The molecule has 2 aromatic rings. The van der Waals surface area contributed by atoms with Gasteiger partial charge in [0.15, 0.2) is 0 Å². The van der Waals surface area contributed by atoms with E-state index < -0.39 is 0 Å². The first-order chi connectivity index (χ1) is 9.20. The Morgan fingerprint density at radius 2 is 2.05 bits per heavy atom. The van der Waals surface area contributed by atoms with Gasteiger partial charge in [0.05, 0.1) is 4.47 Å². The van der Waals surface area contributed by atoms with Crippen molar-refractivity contribution in [1.29, 1.82) is 0 Å². The van der Waals surface area contributed by atoms with Gasteiger partial charge in [-0.15, -0.1) is 0 Å². The van der Waals surface area contributed by atoms with Gasteiger partial charge in [-0.05, 0) is 44.0 Å². The summed E-state index contributed by atoms with van der Waals surface area (Å²) in [5, 5.41) is 3.32. The van der Waals surface area contributed by atoms with Crippen LogP contribution in [-0.2, 0) is 13.0 Å². The summed E-state index contributed by atoms with van der Waals surface area (Å²) in [4.78, 5) is 16.6. The summed E-state index contributed by atoms with van der Waals surface area (Å²) >= 11 is 7.07. The van der Waals surface area contributed by atoms with Gasteiger partial charge in [0.1, 0.15) is 4.60 Å². The SMILES string of the molecule is O=C(c1ccncc1)n1c(Br)c(Br)c2c1CCNC2. The topological polar surface area (TPSA) is 46.9 Å². The second kappa shape index (κ2) is 5.19. The number of fused-ring (bicyclic) bond motifs is 1. The van der Waals surface area contributed by atoms with Gasteiger partial charge in [-0.1, -0.05) is 0 Å². The van der Waals surface area contributed by atoms with E-state index in [0.29, 0.717) is 5.56 Å². The van der Waals surface area contributed by atoms with Crippen molar-refractivity contribution in [3.63, 3.8) is 0 Å². The van der Waals surface area contributed by atoms with Crippen molar-refractivity contribution < 1.29 is 4.79 Å². The molecule has 0 spiro atoms. The lowest BCUT2D eigenvalue weighted by molar-refractivity contribution is 0.0954. The van der Waals surface area contributed by atoms with Crippen molar-refractivity contribution in [2.45, 2.75) is 13.0 Å². The van der Waals surface area contributed by atoms with E-state index in [-0.39, 0.29) is 5.91 Å². The fourth-order valence-corrected chi connectivity index (χ4v) is 3.46. The summed E-state index contributed by atoms with van der Waals surface area (Å²) in [5.74, 6) is -0.0295. The number of nitrogens with one attached hydrogen (secondary N) is 1. The molecule has 98 valence electrons. The Bertz CT molecular complexity index is 637. The predicted molar refractivity (Wildman–Crippen MR) is 79.2 cm³/mol. The van der Waals surface area contributed by atoms with Gasteiger partial charge in [-0.2, -0.15) is 0 Å². The van der Waals surface area contributed by atoms with Crippen LogP contribution < -0.4 is 5.32 Å². The highest BCUT2D eigenvalue weighted by Crippen LogP contribution is 2.34. The molecular formula is C13H11Br2N3O. The summed E-state index contributed by atoms with van der Waals surface area (Å²) in [7, 11) is 0. The number of nitrogens with zero attached hydrogens (tertiary/aromatic N) is 2. The van der Waals surface area contributed by atoms with E-state index in [9.17, 15) is 4.79 Å². The van der Waals surface area contributed by atoms with Gasteiger partial charge in [-0.3, -0.25) is 14.3 Å². The van der Waals surface area contributed by atoms with E-state index in [1.807, 2.05) is 0 Å². The summed E-state index contributed by atoms with van der Waals surface area (Å²) < 4.78 is 3.48. The van der Waals surface area contributed by atoms with Crippen LogP contribution in [0.5, 0.6) is 0 Å². The molecule has 6 heteroatoms. The Morgan fingerprint density at radius 1 is 1.32 bits per heavy atom. The molecule has 3 heterocycles. The van der Waals surface area contributed by atoms with E-state index in [4.69, 9.17) is 0 Å². The zero-order valence-electron chi connectivity index (χ0n) is 9.99. The molecule has 0 radical (unpaired) electrons. The first kappa shape index (κ1) is 13.0. The van der Waals surface area contributed by atoms with Gasteiger partial charge >= 0.3 is 0 Å². The molecule has 0 saturated carbocycles. The minimum absolute atomic E-state index is 0.0295. The van der Waals surface area contributed by atoms with Crippen molar-refractivity contribution in [3.05, 3.63) is 50.4 Å². The normalized spacial score (nSPS) is 14.2. The Labute approximate surface area is 127 Å². The quantitative estimate of drug-likeness (QED) is 0.822. The summed E-state index contributed by atoms with van der Waals surface area (Å²) in [5.41, 5.74) is 2.86. The van der Waals surface area contributed by atoms with Crippen molar-refractivity contribution in [2.75, 3.05) is 6.54 Å². The number of carbonyl (C=O) groups excluding carboxylic acids is 1.